The number of carbonyl (C=O) groups excluding carboxylic acids is 1. The molecule has 0 bridgehead atoms. The van der Waals surface area contributed by atoms with Gasteiger partial charge in [0.1, 0.15) is 66.8 Å². The normalized spacial score (nSPS) is 24.9. The second-order valence-electron chi connectivity index (χ2n) is 16.5. The van der Waals surface area contributed by atoms with Crippen molar-refractivity contribution in [1.29, 1.82) is 0 Å². The van der Waals surface area contributed by atoms with Crippen LogP contribution in [0.25, 0.3) is 0 Å². The molecule has 0 spiro atoms. The van der Waals surface area contributed by atoms with E-state index in [2.05, 4.69) is 0 Å². The second kappa shape index (κ2) is 26.2. The number of rotatable bonds is 23. The molecule has 0 aliphatic carbocycles. The summed E-state index contributed by atoms with van der Waals surface area (Å²) in [5, 5.41) is 12.3. The van der Waals surface area contributed by atoms with Crippen molar-refractivity contribution in [3.05, 3.63) is 210 Å². The van der Waals surface area contributed by atoms with Crippen LogP contribution in [0.2, 0.25) is 0 Å². The smallest absolute Gasteiger partial charge is 0.320 e. The lowest BCUT2D eigenvalue weighted by Crippen LogP contribution is -2.65. The number of aliphatic hydroxyl groups is 1. The summed E-state index contributed by atoms with van der Waals surface area (Å²) in [5.41, 5.74) is 3.94. The zero-order valence-electron chi connectivity index (χ0n) is 37.6. The number of aliphatic hydroxyl groups excluding tert-OH is 1. The molecule has 2 saturated heterocycles. The van der Waals surface area contributed by atoms with Crippen LogP contribution in [-0.4, -0.2) is 90.7 Å². The van der Waals surface area contributed by atoms with Gasteiger partial charge >= 0.3 is 5.97 Å². The minimum absolute atomic E-state index is 0.00299. The minimum atomic E-state index is -1.22. The number of alkyl halides is 1. The molecule has 0 amide bonds. The van der Waals surface area contributed by atoms with Crippen LogP contribution in [0.3, 0.4) is 0 Å². The van der Waals surface area contributed by atoms with Crippen molar-refractivity contribution >= 4 is 29.3 Å². The Bertz CT molecular complexity index is 2340. The molecule has 6 aromatic rings. The maximum absolute atomic E-state index is 12.8. The van der Waals surface area contributed by atoms with Gasteiger partial charge in [-0.1, -0.05) is 182 Å². The van der Waals surface area contributed by atoms with E-state index in [0.717, 1.165) is 32.7 Å². The first-order valence-corrected chi connectivity index (χ1v) is 24.2. The predicted octanol–water partition coefficient (Wildman–Crippen LogP) is 9.32. The fourth-order valence-electron chi connectivity index (χ4n) is 8.08. The first-order valence-electron chi connectivity index (χ1n) is 22.8. The largest absolute Gasteiger partial charge is 0.462 e. The number of ether oxygens (including phenoxy) is 9. The molecular formula is C55H57ClO11S. The van der Waals surface area contributed by atoms with Gasteiger partial charge in [0.2, 0.25) is 0 Å². The number of esters is 1. The van der Waals surface area contributed by atoms with Gasteiger partial charge in [-0.05, 0) is 39.9 Å². The maximum Gasteiger partial charge on any atom is 0.320 e. The van der Waals surface area contributed by atoms with Crippen LogP contribution < -0.4 is 0 Å². The first kappa shape index (κ1) is 49.5. The summed E-state index contributed by atoms with van der Waals surface area (Å²) in [4.78, 5) is 13.7. The standard InChI is InChI=1S/C55H57ClO11S/c56-31-47(57)60-38-46-49(51(62-34-41-23-11-3-12-24-41)53(64-36-43-27-15-5-16-28-43)55(66-46)68-44-29-17-6-18-30-44)67-54-52(63-35-42-25-13-4-14-26-42)50(61-33-40-21-9-2-10-22-40)48(58)45(65-54)37-59-32-39-19-7-1-8-20-39/h1-30,45-46,48-55,58H,31-38H2/t45-,46-,48-,49-,50+,51+,52-,53-,54-,55+/m1/s1. The first-order chi connectivity index (χ1) is 33.5. The zero-order chi connectivity index (χ0) is 46.8. The number of benzene rings is 6. The lowest BCUT2D eigenvalue weighted by molar-refractivity contribution is -0.355. The average Bonchev–Trinajstić information content (AvgIpc) is 3.39. The Kier molecular flexibility index (Phi) is 19.0. The van der Waals surface area contributed by atoms with Crippen LogP contribution in [0.1, 0.15) is 27.8 Å². The van der Waals surface area contributed by atoms with Crippen LogP contribution in [0.15, 0.2) is 187 Å². The number of hydrogen-bond donors (Lipinski definition) is 1. The van der Waals surface area contributed by atoms with Crippen molar-refractivity contribution in [2.24, 2.45) is 0 Å². The van der Waals surface area contributed by atoms with Crippen molar-refractivity contribution in [2.75, 3.05) is 19.1 Å². The summed E-state index contributed by atoms with van der Waals surface area (Å²) >= 11 is 7.46. The molecule has 356 valence electrons. The van der Waals surface area contributed by atoms with Gasteiger partial charge in [0, 0.05) is 4.90 Å². The molecule has 8 rings (SSSR count). The highest BCUT2D eigenvalue weighted by Crippen LogP contribution is 2.40. The van der Waals surface area contributed by atoms with E-state index in [4.69, 9.17) is 54.2 Å². The molecule has 2 aliphatic rings. The fourth-order valence-corrected chi connectivity index (χ4v) is 9.30. The quantitative estimate of drug-likeness (QED) is 0.0487. The molecule has 10 atom stereocenters. The third-order valence-corrected chi connectivity index (χ3v) is 12.9. The lowest BCUT2D eigenvalue weighted by Gasteiger charge is -2.49. The molecule has 0 aromatic heterocycles. The van der Waals surface area contributed by atoms with E-state index < -0.39 is 66.5 Å². The third kappa shape index (κ3) is 14.3. The van der Waals surface area contributed by atoms with E-state index in [1.807, 2.05) is 182 Å². The van der Waals surface area contributed by atoms with Crippen molar-refractivity contribution < 1.29 is 52.5 Å². The Labute approximate surface area is 407 Å². The highest BCUT2D eigenvalue weighted by atomic mass is 35.5. The fraction of sp³-hybridized carbons (Fsp3) is 0.327. The summed E-state index contributed by atoms with van der Waals surface area (Å²) in [6, 6.07) is 58.8. The second-order valence-corrected chi connectivity index (χ2v) is 17.9. The van der Waals surface area contributed by atoms with Gasteiger partial charge in [-0.15, -0.1) is 11.6 Å². The van der Waals surface area contributed by atoms with Gasteiger partial charge in [0.25, 0.3) is 0 Å². The molecule has 13 heteroatoms. The molecular weight excluding hydrogens is 904 g/mol. The van der Waals surface area contributed by atoms with E-state index in [1.165, 1.54) is 11.8 Å². The lowest BCUT2D eigenvalue weighted by atomic mass is 9.96. The van der Waals surface area contributed by atoms with Crippen molar-refractivity contribution in [2.45, 2.75) is 98.5 Å². The average molecular weight is 962 g/mol. The highest BCUT2D eigenvalue weighted by molar-refractivity contribution is 7.99. The number of carbonyl (C=O) groups is 1. The summed E-state index contributed by atoms with van der Waals surface area (Å²) in [6.45, 7) is 0.770. The van der Waals surface area contributed by atoms with Crippen LogP contribution >= 0.6 is 23.4 Å². The summed E-state index contributed by atoms with van der Waals surface area (Å²) in [5.74, 6) is -0.988. The third-order valence-electron chi connectivity index (χ3n) is 11.5. The van der Waals surface area contributed by atoms with Gasteiger partial charge in [-0.3, -0.25) is 4.79 Å². The molecule has 0 saturated carbocycles. The Hall–Kier alpha value is -4.93. The van der Waals surface area contributed by atoms with E-state index >= 15 is 0 Å². The van der Waals surface area contributed by atoms with Crippen LogP contribution in [-0.2, 0) is 80.5 Å². The van der Waals surface area contributed by atoms with Gasteiger partial charge in [-0.25, -0.2) is 0 Å². The van der Waals surface area contributed by atoms with Crippen molar-refractivity contribution in [3.63, 3.8) is 0 Å². The SMILES string of the molecule is O=C(CCl)OC[C@H]1O[C@@H](Sc2ccccc2)[C@H](OCc2ccccc2)[C@@H](OCc2ccccc2)[C@@H]1O[C@H]1O[C@H](COCc2ccccc2)[C@@H](O)[C@H](OCc2ccccc2)[C@H]1OCc1ccccc1. The Morgan fingerprint density at radius 1 is 0.485 bits per heavy atom. The molecule has 68 heavy (non-hydrogen) atoms. The Morgan fingerprint density at radius 2 is 0.912 bits per heavy atom. The number of hydrogen-bond acceptors (Lipinski definition) is 12. The predicted molar refractivity (Wildman–Crippen MR) is 258 cm³/mol. The molecule has 11 nitrogen and oxygen atoms in total. The van der Waals surface area contributed by atoms with Gasteiger partial charge in [0.15, 0.2) is 6.29 Å². The van der Waals surface area contributed by atoms with Crippen LogP contribution in [0.5, 0.6) is 0 Å². The molecule has 2 aliphatic heterocycles. The molecule has 0 unspecified atom stereocenters. The number of halogens is 1. The molecule has 6 aromatic carbocycles. The van der Waals surface area contributed by atoms with Crippen molar-refractivity contribution in [1.82, 2.24) is 0 Å². The van der Waals surface area contributed by atoms with Gasteiger partial charge < -0.3 is 47.7 Å². The topological polar surface area (TPSA) is 120 Å². The van der Waals surface area contributed by atoms with E-state index in [1.54, 1.807) is 0 Å². The summed E-state index contributed by atoms with van der Waals surface area (Å²) in [7, 11) is 0. The molecule has 0 radical (unpaired) electrons. The highest BCUT2D eigenvalue weighted by Gasteiger charge is 2.54. The summed E-state index contributed by atoms with van der Waals surface area (Å²) in [6.07, 6.45) is -8.96. The monoisotopic (exact) mass is 960 g/mol. The van der Waals surface area contributed by atoms with E-state index in [9.17, 15) is 9.90 Å². The minimum Gasteiger partial charge on any atom is -0.462 e. The Morgan fingerprint density at radius 3 is 1.40 bits per heavy atom. The van der Waals surface area contributed by atoms with Gasteiger partial charge in [0.05, 0.1) is 39.6 Å². The van der Waals surface area contributed by atoms with Crippen LogP contribution in [0, 0.1) is 0 Å². The van der Waals surface area contributed by atoms with E-state index in [-0.39, 0.29) is 52.1 Å². The van der Waals surface area contributed by atoms with Crippen LogP contribution in [0.4, 0.5) is 0 Å². The summed E-state index contributed by atoms with van der Waals surface area (Å²) < 4.78 is 60.4. The zero-order valence-corrected chi connectivity index (χ0v) is 39.1. The Balaban J connectivity index is 1.18. The molecule has 1 N–H and O–H groups in total. The van der Waals surface area contributed by atoms with Crippen molar-refractivity contribution in [3.8, 4) is 0 Å². The molecule has 2 fully saturated rings. The van der Waals surface area contributed by atoms with Gasteiger partial charge in [-0.2, -0.15) is 0 Å². The molecule has 2 heterocycles. The van der Waals surface area contributed by atoms with E-state index in [0.29, 0.717) is 0 Å². The maximum atomic E-state index is 12.8. The number of thioether (sulfide) groups is 1.